The normalized spacial score (nSPS) is 12.4. The van der Waals surface area contributed by atoms with E-state index in [1.54, 1.807) is 19.1 Å². The summed E-state index contributed by atoms with van der Waals surface area (Å²) in [5, 5.41) is 10.2. The fourth-order valence-electron chi connectivity index (χ4n) is 1.92. The summed E-state index contributed by atoms with van der Waals surface area (Å²) in [6, 6.07) is 4.74. The average molecular weight is 315 g/mol. The Kier molecular flexibility index (Phi) is 6.19. The maximum absolute atomic E-state index is 12.3. The zero-order valence-corrected chi connectivity index (χ0v) is 14.0. The number of aryl methyl sites for hydroxylation is 1. The van der Waals surface area contributed by atoms with Gasteiger partial charge in [-0.25, -0.2) is 13.1 Å². The molecule has 0 bridgehead atoms. The molecule has 120 valence electrons. The highest BCUT2D eigenvalue weighted by Gasteiger charge is 2.25. The summed E-state index contributed by atoms with van der Waals surface area (Å²) in [7, 11) is -3.63. The van der Waals surface area contributed by atoms with E-state index in [4.69, 9.17) is 4.74 Å². The lowest BCUT2D eigenvalue weighted by molar-refractivity contribution is 0.0377. The Morgan fingerprint density at radius 1 is 1.24 bits per heavy atom. The molecule has 0 aliphatic carbocycles. The van der Waals surface area contributed by atoms with Crippen LogP contribution in [0.2, 0.25) is 0 Å². The first-order chi connectivity index (χ1) is 9.78. The molecule has 1 aromatic rings. The highest BCUT2D eigenvalue weighted by molar-refractivity contribution is 7.89. The van der Waals surface area contributed by atoms with Gasteiger partial charge in [0.25, 0.3) is 0 Å². The Morgan fingerprint density at radius 3 is 2.33 bits per heavy atom. The molecule has 0 aliphatic rings. The maximum Gasteiger partial charge on any atom is 0.240 e. The third-order valence-corrected chi connectivity index (χ3v) is 5.06. The molecule has 0 heterocycles. The van der Waals surface area contributed by atoms with E-state index in [1.807, 2.05) is 20.8 Å². The lowest BCUT2D eigenvalue weighted by atomic mass is 9.98. The number of hydrogen-bond donors (Lipinski definition) is 2. The summed E-state index contributed by atoms with van der Waals surface area (Å²) in [4.78, 5) is 0.179. The number of nitrogens with one attached hydrogen (secondary N) is 1. The Hall–Kier alpha value is -1.11. The van der Waals surface area contributed by atoms with Crippen LogP contribution in [0.3, 0.4) is 0 Å². The van der Waals surface area contributed by atoms with Crippen LogP contribution in [0, 0.1) is 6.92 Å². The van der Waals surface area contributed by atoms with Gasteiger partial charge in [0, 0.05) is 6.54 Å². The van der Waals surface area contributed by atoms with E-state index in [0.29, 0.717) is 25.2 Å². The van der Waals surface area contributed by atoms with Gasteiger partial charge in [0.05, 0.1) is 17.1 Å². The van der Waals surface area contributed by atoms with Gasteiger partial charge in [0.15, 0.2) is 0 Å². The number of sulfonamides is 1. The van der Waals surface area contributed by atoms with Crippen LogP contribution in [0.4, 0.5) is 0 Å². The number of rotatable bonds is 8. The first-order valence-electron chi connectivity index (χ1n) is 7.23. The van der Waals surface area contributed by atoms with Crippen molar-refractivity contribution in [1.29, 1.82) is 0 Å². The average Bonchev–Trinajstić information content (AvgIpc) is 2.47. The number of aliphatic hydroxyl groups is 1. The largest absolute Gasteiger partial charge is 0.494 e. The Morgan fingerprint density at radius 2 is 1.86 bits per heavy atom. The number of benzene rings is 1. The molecule has 0 saturated heterocycles. The molecule has 1 aromatic carbocycles. The summed E-state index contributed by atoms with van der Waals surface area (Å²) in [5.74, 6) is 0.676. The topological polar surface area (TPSA) is 75.6 Å². The molecule has 0 unspecified atom stereocenters. The Labute approximate surface area is 127 Å². The molecule has 0 fully saturated rings. The summed E-state index contributed by atoms with van der Waals surface area (Å²) < 4.78 is 32.4. The summed E-state index contributed by atoms with van der Waals surface area (Å²) in [5.41, 5.74) is -0.242. The van der Waals surface area contributed by atoms with Crippen LogP contribution in [-0.2, 0) is 10.0 Å². The van der Waals surface area contributed by atoms with Gasteiger partial charge < -0.3 is 9.84 Å². The zero-order valence-electron chi connectivity index (χ0n) is 13.1. The molecule has 0 aromatic heterocycles. The van der Waals surface area contributed by atoms with Crippen LogP contribution in [-0.4, -0.2) is 32.3 Å². The molecule has 0 radical (unpaired) electrons. The summed E-state index contributed by atoms with van der Waals surface area (Å²) in [6.07, 6.45) is 0.989. The van der Waals surface area contributed by atoms with Crippen LogP contribution in [0.15, 0.2) is 23.1 Å². The Bertz CT molecular complexity index is 565. The van der Waals surface area contributed by atoms with Crippen molar-refractivity contribution in [3.8, 4) is 5.75 Å². The third kappa shape index (κ3) is 4.69. The van der Waals surface area contributed by atoms with E-state index in [1.165, 1.54) is 6.07 Å². The smallest absolute Gasteiger partial charge is 0.240 e. The number of hydrogen-bond acceptors (Lipinski definition) is 4. The molecular formula is C15H25NO4S. The van der Waals surface area contributed by atoms with E-state index in [-0.39, 0.29) is 11.4 Å². The van der Waals surface area contributed by atoms with Gasteiger partial charge in [-0.2, -0.15) is 0 Å². The SMILES string of the molecule is CCOc1ccc(S(=O)(=O)NCC(O)(CC)CC)cc1C. The van der Waals surface area contributed by atoms with Gasteiger partial charge in [-0.1, -0.05) is 13.8 Å². The second kappa shape index (κ2) is 7.24. The minimum Gasteiger partial charge on any atom is -0.494 e. The highest BCUT2D eigenvalue weighted by atomic mass is 32.2. The molecule has 0 saturated carbocycles. The van der Waals surface area contributed by atoms with Gasteiger partial charge in [0.2, 0.25) is 10.0 Å². The third-order valence-electron chi connectivity index (χ3n) is 3.66. The van der Waals surface area contributed by atoms with Crippen molar-refractivity contribution in [2.24, 2.45) is 0 Å². The first-order valence-corrected chi connectivity index (χ1v) is 8.71. The summed E-state index contributed by atoms with van der Waals surface area (Å²) >= 11 is 0. The van der Waals surface area contributed by atoms with E-state index in [0.717, 1.165) is 5.56 Å². The fourth-order valence-corrected chi connectivity index (χ4v) is 3.12. The molecule has 0 amide bonds. The van der Waals surface area contributed by atoms with Crippen LogP contribution < -0.4 is 9.46 Å². The zero-order chi connectivity index (χ0) is 16.1. The van der Waals surface area contributed by atoms with Gasteiger partial charge >= 0.3 is 0 Å². The minimum atomic E-state index is -3.63. The lowest BCUT2D eigenvalue weighted by Gasteiger charge is -2.25. The predicted molar refractivity (Wildman–Crippen MR) is 83.1 cm³/mol. The van der Waals surface area contributed by atoms with Crippen LogP contribution in [0.1, 0.15) is 39.2 Å². The Balaban J connectivity index is 2.91. The van der Waals surface area contributed by atoms with Crippen molar-refractivity contribution < 1.29 is 18.3 Å². The van der Waals surface area contributed by atoms with Crippen molar-refractivity contribution in [3.63, 3.8) is 0 Å². The van der Waals surface area contributed by atoms with Crippen molar-refractivity contribution in [2.75, 3.05) is 13.2 Å². The highest BCUT2D eigenvalue weighted by Crippen LogP contribution is 2.22. The molecule has 1 rings (SSSR count). The molecule has 21 heavy (non-hydrogen) atoms. The molecule has 0 atom stereocenters. The predicted octanol–water partition coefficient (Wildman–Crippen LogP) is 2.22. The van der Waals surface area contributed by atoms with Crippen molar-refractivity contribution in [2.45, 2.75) is 51.0 Å². The summed E-state index contributed by atoms with van der Waals surface area (Å²) in [6.45, 7) is 7.89. The second-order valence-electron chi connectivity index (χ2n) is 5.12. The van der Waals surface area contributed by atoms with Gasteiger partial charge in [-0.05, 0) is 50.5 Å². The van der Waals surface area contributed by atoms with E-state index < -0.39 is 15.6 Å². The van der Waals surface area contributed by atoms with E-state index in [9.17, 15) is 13.5 Å². The van der Waals surface area contributed by atoms with Crippen LogP contribution in [0.25, 0.3) is 0 Å². The van der Waals surface area contributed by atoms with E-state index in [2.05, 4.69) is 4.72 Å². The molecule has 0 aliphatic heterocycles. The molecule has 5 nitrogen and oxygen atoms in total. The van der Waals surface area contributed by atoms with Crippen LogP contribution >= 0.6 is 0 Å². The van der Waals surface area contributed by atoms with Gasteiger partial charge in [-0.15, -0.1) is 0 Å². The van der Waals surface area contributed by atoms with Gasteiger partial charge in [-0.3, -0.25) is 0 Å². The fraction of sp³-hybridized carbons (Fsp3) is 0.600. The van der Waals surface area contributed by atoms with Crippen molar-refractivity contribution >= 4 is 10.0 Å². The quantitative estimate of drug-likeness (QED) is 0.771. The second-order valence-corrected chi connectivity index (χ2v) is 6.88. The van der Waals surface area contributed by atoms with Crippen molar-refractivity contribution in [1.82, 2.24) is 4.72 Å². The minimum absolute atomic E-state index is 0.00852. The lowest BCUT2D eigenvalue weighted by Crippen LogP contribution is -2.41. The molecule has 6 heteroatoms. The number of ether oxygens (including phenoxy) is 1. The van der Waals surface area contributed by atoms with Crippen LogP contribution in [0.5, 0.6) is 5.75 Å². The first kappa shape index (κ1) is 17.9. The van der Waals surface area contributed by atoms with Gasteiger partial charge in [0.1, 0.15) is 5.75 Å². The van der Waals surface area contributed by atoms with Crippen molar-refractivity contribution in [3.05, 3.63) is 23.8 Å². The molecule has 2 N–H and O–H groups in total. The monoisotopic (exact) mass is 315 g/mol. The molecular weight excluding hydrogens is 290 g/mol. The maximum atomic E-state index is 12.3. The standard InChI is InChI=1S/C15H25NO4S/c1-5-15(17,6-2)11-16-21(18,19)13-8-9-14(20-7-3)12(4)10-13/h8-10,16-17H,5-7,11H2,1-4H3. The molecule has 0 spiro atoms. The van der Waals surface area contributed by atoms with E-state index >= 15 is 0 Å².